The topological polar surface area (TPSA) is 126 Å². The summed E-state index contributed by atoms with van der Waals surface area (Å²) in [5, 5.41) is 30.4. The van der Waals surface area contributed by atoms with Crippen LogP contribution in [0.3, 0.4) is 0 Å². The Labute approximate surface area is 200 Å². The van der Waals surface area contributed by atoms with E-state index in [0.717, 1.165) is 0 Å². The van der Waals surface area contributed by atoms with Crippen molar-refractivity contribution in [3.8, 4) is 23.1 Å². The highest BCUT2D eigenvalue weighted by atomic mass is 32.1. The second-order valence-corrected chi connectivity index (χ2v) is 8.46. The Morgan fingerprint density at radius 1 is 1.18 bits per heavy atom. The molecular weight excluding hydrogens is 460 g/mol. The summed E-state index contributed by atoms with van der Waals surface area (Å²) >= 11 is 5.28. The Morgan fingerprint density at radius 2 is 1.82 bits per heavy atom. The van der Waals surface area contributed by atoms with Crippen molar-refractivity contribution in [1.82, 2.24) is 9.55 Å². The maximum atomic E-state index is 12.6. The largest absolute Gasteiger partial charge is 0.494 e. The van der Waals surface area contributed by atoms with E-state index < -0.39 is 36.0 Å². The summed E-state index contributed by atoms with van der Waals surface area (Å²) in [4.78, 5) is 15.2. The predicted molar refractivity (Wildman–Crippen MR) is 127 cm³/mol. The summed E-state index contributed by atoms with van der Waals surface area (Å²) in [7, 11) is 0. The number of H-pyrrole nitrogens is 1. The van der Waals surface area contributed by atoms with E-state index >= 15 is 0 Å². The smallest absolute Gasteiger partial charge is 0.262 e. The van der Waals surface area contributed by atoms with Crippen LogP contribution in [0.4, 0.5) is 0 Å². The molecule has 10 heteroatoms. The molecule has 0 aliphatic carbocycles. The van der Waals surface area contributed by atoms with E-state index in [0.29, 0.717) is 17.2 Å². The van der Waals surface area contributed by atoms with Crippen LogP contribution in [-0.2, 0) is 9.47 Å². The normalized spacial score (nSPS) is 19.1. The number of aromatic nitrogens is 2. The zero-order valence-corrected chi connectivity index (χ0v) is 19.3. The van der Waals surface area contributed by atoms with Gasteiger partial charge in [0.1, 0.15) is 35.0 Å². The van der Waals surface area contributed by atoms with E-state index in [2.05, 4.69) is 4.98 Å². The summed E-state index contributed by atoms with van der Waals surface area (Å²) in [5.74, 6) is -0.190. The van der Waals surface area contributed by atoms with Crippen molar-refractivity contribution < 1.29 is 29.5 Å². The second-order valence-electron chi connectivity index (χ2n) is 8.08. The van der Waals surface area contributed by atoms with E-state index in [4.69, 9.17) is 26.4 Å². The minimum Gasteiger partial charge on any atom is -0.494 e. The van der Waals surface area contributed by atoms with Gasteiger partial charge in [-0.2, -0.15) is 0 Å². The minimum absolute atomic E-state index is 0.0164. The number of nitrogens with one attached hydrogen (secondary N) is 1. The highest BCUT2D eigenvalue weighted by molar-refractivity contribution is 7.71. The Kier molecular flexibility index (Phi) is 6.58. The molecule has 3 aromatic rings. The van der Waals surface area contributed by atoms with Gasteiger partial charge in [0.05, 0.1) is 12.3 Å². The molecule has 0 radical (unpaired) electrons. The Bertz CT molecular complexity index is 1310. The van der Waals surface area contributed by atoms with Crippen molar-refractivity contribution in [2.75, 3.05) is 6.61 Å². The van der Waals surface area contributed by atoms with E-state index in [1.165, 1.54) is 10.6 Å². The summed E-state index contributed by atoms with van der Waals surface area (Å²) in [6.07, 6.45) is -1.04. The van der Waals surface area contributed by atoms with Crippen LogP contribution in [0.25, 0.3) is 11.8 Å². The van der Waals surface area contributed by atoms with Crippen molar-refractivity contribution in [2.24, 2.45) is 0 Å². The molecule has 0 saturated carbocycles. The van der Waals surface area contributed by atoms with Crippen molar-refractivity contribution in [2.45, 2.75) is 31.8 Å². The van der Waals surface area contributed by atoms with Crippen LogP contribution in [-0.4, -0.2) is 49.5 Å². The first-order chi connectivity index (χ1) is 16.2. The molecule has 4 rings (SSSR count). The molecule has 1 saturated heterocycles. The van der Waals surface area contributed by atoms with Gasteiger partial charge in [0.25, 0.3) is 5.56 Å². The van der Waals surface area contributed by atoms with Crippen LogP contribution in [0.5, 0.6) is 17.4 Å². The quantitative estimate of drug-likeness (QED) is 0.393. The van der Waals surface area contributed by atoms with Gasteiger partial charge < -0.3 is 29.5 Å². The fraction of sp³-hybridized carbons (Fsp3) is 0.250. The molecule has 0 amide bonds. The average Bonchev–Trinajstić information content (AvgIpc) is 3.12. The third-order valence-electron chi connectivity index (χ3n) is 5.07. The molecule has 0 spiro atoms. The molecule has 178 valence electrons. The molecule has 2 atom stereocenters. The number of rotatable bonds is 6. The van der Waals surface area contributed by atoms with E-state index in [9.17, 15) is 20.1 Å². The monoisotopic (exact) mass is 484 g/mol. The predicted octanol–water partition coefficient (Wildman–Crippen LogP) is 3.24. The number of benzene rings is 2. The van der Waals surface area contributed by atoms with Crippen LogP contribution >= 0.6 is 12.2 Å². The van der Waals surface area contributed by atoms with Crippen LogP contribution in [0.1, 0.15) is 19.4 Å². The number of nitrogens with zero attached hydrogens (tertiary/aromatic N) is 1. The number of hydrogen-bond donors (Lipinski definition) is 4. The molecule has 4 N–H and O–H groups in total. The van der Waals surface area contributed by atoms with E-state index in [-0.39, 0.29) is 16.1 Å². The fourth-order valence-corrected chi connectivity index (χ4v) is 3.83. The van der Waals surface area contributed by atoms with Gasteiger partial charge >= 0.3 is 0 Å². The number of ether oxygens (including phenoxy) is 3. The van der Waals surface area contributed by atoms with Crippen molar-refractivity contribution in [3.63, 3.8) is 0 Å². The molecule has 34 heavy (non-hydrogen) atoms. The van der Waals surface area contributed by atoms with Crippen LogP contribution < -0.4 is 10.3 Å². The second kappa shape index (κ2) is 9.43. The standard InChI is InChI=1S/C24H24N2O7S/c1-24(2)32-19(20(33-24)18(28)13-27)12-17-21(29)25-23(34)26(22(17)30)14-8-10-16(11-9-14)31-15-6-4-3-5-7-15/h3-12,18,20,27-28,30H,13H2,1-2H3,(H,25,29,34)/t18-,20?/m0/s1. The molecule has 1 unspecified atom stereocenters. The third kappa shape index (κ3) is 4.90. The molecule has 1 aliphatic heterocycles. The van der Waals surface area contributed by atoms with Gasteiger partial charge in [0, 0.05) is 13.8 Å². The lowest BCUT2D eigenvalue weighted by Gasteiger charge is -2.17. The summed E-state index contributed by atoms with van der Waals surface area (Å²) < 4.78 is 18.4. The first-order valence-corrected chi connectivity index (χ1v) is 10.9. The Balaban J connectivity index is 1.72. The maximum absolute atomic E-state index is 12.6. The molecular formula is C24H24N2O7S. The molecule has 2 aromatic carbocycles. The number of aliphatic hydroxyl groups excluding tert-OH is 2. The zero-order valence-electron chi connectivity index (χ0n) is 18.5. The fourth-order valence-electron chi connectivity index (χ4n) is 3.54. The van der Waals surface area contributed by atoms with Crippen LogP contribution in [0.2, 0.25) is 0 Å². The molecule has 1 aliphatic rings. The van der Waals surface area contributed by atoms with E-state index in [1.54, 1.807) is 38.1 Å². The van der Waals surface area contributed by atoms with Gasteiger partial charge in [-0.1, -0.05) is 18.2 Å². The molecule has 2 heterocycles. The lowest BCUT2D eigenvalue weighted by molar-refractivity contribution is -0.151. The number of aromatic hydroxyl groups is 1. The summed E-state index contributed by atoms with van der Waals surface area (Å²) in [6.45, 7) is 2.67. The molecule has 0 bridgehead atoms. The average molecular weight is 485 g/mol. The lowest BCUT2D eigenvalue weighted by atomic mass is 10.1. The van der Waals surface area contributed by atoms with E-state index in [1.807, 2.05) is 30.3 Å². The third-order valence-corrected chi connectivity index (χ3v) is 5.36. The van der Waals surface area contributed by atoms with Crippen LogP contribution in [0.15, 0.2) is 65.2 Å². The van der Waals surface area contributed by atoms with Crippen molar-refractivity contribution in [1.29, 1.82) is 0 Å². The molecule has 1 fully saturated rings. The van der Waals surface area contributed by atoms with Gasteiger partial charge in [-0.05, 0) is 54.7 Å². The maximum Gasteiger partial charge on any atom is 0.262 e. The minimum atomic E-state index is -1.28. The molecule has 9 nitrogen and oxygen atoms in total. The highest BCUT2D eigenvalue weighted by Gasteiger charge is 2.41. The first kappa shape index (κ1) is 23.7. The first-order valence-electron chi connectivity index (χ1n) is 10.5. The highest BCUT2D eigenvalue weighted by Crippen LogP contribution is 2.35. The SMILES string of the molecule is CC1(C)OC(=Cc2c(O)n(-c3ccc(Oc4ccccc4)cc3)c(=S)[nH]c2=O)C([C@@H](O)CO)O1. The number of aromatic amines is 1. The molecule has 1 aromatic heterocycles. The van der Waals surface area contributed by atoms with Gasteiger partial charge in [-0.15, -0.1) is 0 Å². The van der Waals surface area contributed by atoms with Gasteiger partial charge in [-0.3, -0.25) is 14.3 Å². The summed E-state index contributed by atoms with van der Waals surface area (Å²) in [5.41, 5.74) is -0.319. The number of hydrogen-bond acceptors (Lipinski definition) is 8. The number of aliphatic hydroxyl groups is 2. The van der Waals surface area contributed by atoms with Crippen molar-refractivity contribution >= 4 is 18.3 Å². The Hall–Kier alpha value is -3.44. The van der Waals surface area contributed by atoms with Gasteiger partial charge in [-0.25, -0.2) is 0 Å². The van der Waals surface area contributed by atoms with Crippen molar-refractivity contribution in [3.05, 3.63) is 81.0 Å². The number of para-hydroxylation sites is 1. The van der Waals surface area contributed by atoms with Crippen LogP contribution in [0, 0.1) is 4.77 Å². The summed E-state index contributed by atoms with van der Waals surface area (Å²) in [6, 6.07) is 16.0. The zero-order chi connectivity index (χ0) is 24.5. The lowest BCUT2D eigenvalue weighted by Crippen LogP contribution is -2.32. The van der Waals surface area contributed by atoms with Gasteiger partial charge in [0.2, 0.25) is 11.7 Å². The Morgan fingerprint density at radius 3 is 2.47 bits per heavy atom. The van der Waals surface area contributed by atoms with Gasteiger partial charge in [0.15, 0.2) is 4.77 Å².